The summed E-state index contributed by atoms with van der Waals surface area (Å²) in [5.74, 6) is 2.43. The van der Waals surface area contributed by atoms with E-state index < -0.39 is 35.6 Å². The first-order valence-corrected chi connectivity index (χ1v) is 9.03. The summed E-state index contributed by atoms with van der Waals surface area (Å²) in [6.45, 7) is -0.124. The second kappa shape index (κ2) is 8.67. The standard InChI is InChI=1S/C20H18N2O7/c23-15-9-8-14(18(26)21-15)22-19(27)13-7-4-6-12(17(13)20(22)28)5-2-1-3-10-29-11-16(24)25/h4,6-7,14H,1,3,8-11H2,(H,24,25)(H,21,23,26). The van der Waals surface area contributed by atoms with Crippen LogP contribution in [0.3, 0.4) is 0 Å². The number of hydrogen-bond donors (Lipinski definition) is 2. The van der Waals surface area contributed by atoms with Gasteiger partial charge in [0.25, 0.3) is 11.8 Å². The van der Waals surface area contributed by atoms with Gasteiger partial charge < -0.3 is 9.84 Å². The molecule has 2 heterocycles. The second-order valence-electron chi connectivity index (χ2n) is 6.53. The normalized spacial score (nSPS) is 18.2. The Hall–Kier alpha value is -3.51. The number of carbonyl (C=O) groups is 5. The molecule has 1 saturated heterocycles. The van der Waals surface area contributed by atoms with E-state index in [1.54, 1.807) is 12.1 Å². The number of nitrogens with one attached hydrogen (secondary N) is 1. The zero-order chi connectivity index (χ0) is 21.0. The SMILES string of the molecule is O=C(O)COCCCC#Cc1cccc2c1C(=O)N(C1CCC(=O)NC1=O)C2=O. The van der Waals surface area contributed by atoms with E-state index in [1.807, 2.05) is 0 Å². The topological polar surface area (TPSA) is 130 Å². The first kappa shape index (κ1) is 20.2. The first-order chi connectivity index (χ1) is 13.9. The van der Waals surface area contributed by atoms with Crippen molar-refractivity contribution in [3.05, 3.63) is 34.9 Å². The average Bonchev–Trinajstić information content (AvgIpc) is 2.92. The number of amides is 4. The molecule has 3 rings (SSSR count). The number of imide groups is 2. The van der Waals surface area contributed by atoms with Crippen LogP contribution in [0.2, 0.25) is 0 Å². The lowest BCUT2D eigenvalue weighted by molar-refractivity contribution is -0.142. The van der Waals surface area contributed by atoms with Crippen molar-refractivity contribution in [3.63, 3.8) is 0 Å². The Kier molecular flexibility index (Phi) is 6.04. The minimum absolute atomic E-state index is 0.0560. The fourth-order valence-electron chi connectivity index (χ4n) is 3.20. The van der Waals surface area contributed by atoms with Gasteiger partial charge in [-0.1, -0.05) is 17.9 Å². The molecule has 29 heavy (non-hydrogen) atoms. The quantitative estimate of drug-likeness (QED) is 0.401. The molecule has 1 aromatic carbocycles. The van der Waals surface area contributed by atoms with Gasteiger partial charge in [-0.15, -0.1) is 0 Å². The summed E-state index contributed by atoms with van der Waals surface area (Å²) in [5.41, 5.74) is 0.704. The average molecular weight is 398 g/mol. The second-order valence-corrected chi connectivity index (χ2v) is 6.53. The molecule has 0 radical (unpaired) electrons. The number of nitrogens with zero attached hydrogens (tertiary/aromatic N) is 1. The van der Waals surface area contributed by atoms with Crippen molar-refractivity contribution in [3.8, 4) is 11.8 Å². The van der Waals surface area contributed by atoms with Gasteiger partial charge in [-0.3, -0.25) is 29.4 Å². The number of unbranched alkanes of at least 4 members (excludes halogenated alkanes) is 1. The molecule has 2 N–H and O–H groups in total. The first-order valence-electron chi connectivity index (χ1n) is 9.03. The molecule has 9 heteroatoms. The van der Waals surface area contributed by atoms with E-state index >= 15 is 0 Å². The van der Waals surface area contributed by atoms with Gasteiger partial charge in [-0.25, -0.2) is 4.79 Å². The summed E-state index contributed by atoms with van der Waals surface area (Å²) in [7, 11) is 0. The van der Waals surface area contributed by atoms with Crippen molar-refractivity contribution in [2.45, 2.75) is 31.7 Å². The predicted octanol–water partition coefficient (Wildman–Crippen LogP) is 0.321. The van der Waals surface area contributed by atoms with E-state index in [1.165, 1.54) is 6.07 Å². The van der Waals surface area contributed by atoms with E-state index in [9.17, 15) is 24.0 Å². The molecule has 1 fully saturated rings. The zero-order valence-corrected chi connectivity index (χ0v) is 15.4. The van der Waals surface area contributed by atoms with Crippen LogP contribution < -0.4 is 5.32 Å². The van der Waals surface area contributed by atoms with E-state index in [2.05, 4.69) is 17.2 Å². The van der Waals surface area contributed by atoms with E-state index in [0.29, 0.717) is 18.4 Å². The third-order valence-electron chi connectivity index (χ3n) is 4.51. The number of fused-ring (bicyclic) bond motifs is 1. The van der Waals surface area contributed by atoms with Crippen molar-refractivity contribution < 1.29 is 33.8 Å². The molecule has 0 aliphatic carbocycles. The highest BCUT2D eigenvalue weighted by molar-refractivity contribution is 6.24. The summed E-state index contributed by atoms with van der Waals surface area (Å²) in [5, 5.41) is 10.6. The molecule has 0 spiro atoms. The smallest absolute Gasteiger partial charge is 0.329 e. The summed E-state index contributed by atoms with van der Waals surface area (Å²) >= 11 is 0. The molecule has 150 valence electrons. The van der Waals surface area contributed by atoms with Crippen LogP contribution in [0.1, 0.15) is 52.0 Å². The van der Waals surface area contributed by atoms with Crippen molar-refractivity contribution >= 4 is 29.6 Å². The summed E-state index contributed by atoms with van der Waals surface area (Å²) < 4.78 is 4.92. The van der Waals surface area contributed by atoms with Crippen LogP contribution in [0.25, 0.3) is 0 Å². The Labute approximate surface area is 166 Å². The van der Waals surface area contributed by atoms with Gasteiger partial charge in [0, 0.05) is 25.0 Å². The molecule has 1 unspecified atom stereocenters. The Morgan fingerprint density at radius 2 is 2.03 bits per heavy atom. The Morgan fingerprint density at radius 1 is 1.24 bits per heavy atom. The highest BCUT2D eigenvalue weighted by Gasteiger charge is 2.45. The maximum atomic E-state index is 12.9. The number of benzene rings is 1. The van der Waals surface area contributed by atoms with Crippen LogP contribution in [-0.4, -0.2) is 58.9 Å². The van der Waals surface area contributed by atoms with Crippen LogP contribution in [0.4, 0.5) is 0 Å². The van der Waals surface area contributed by atoms with E-state index in [4.69, 9.17) is 9.84 Å². The Morgan fingerprint density at radius 3 is 2.76 bits per heavy atom. The molecule has 2 aliphatic heterocycles. The molecule has 0 saturated carbocycles. The van der Waals surface area contributed by atoms with Crippen LogP contribution in [0.15, 0.2) is 18.2 Å². The van der Waals surface area contributed by atoms with Crippen molar-refractivity contribution in [1.29, 1.82) is 0 Å². The Bertz CT molecular complexity index is 957. The molecule has 2 aliphatic rings. The summed E-state index contributed by atoms with van der Waals surface area (Å²) in [6, 6.07) is 3.71. The van der Waals surface area contributed by atoms with Crippen LogP contribution in [-0.2, 0) is 19.1 Å². The van der Waals surface area contributed by atoms with Crippen molar-refractivity contribution in [2.24, 2.45) is 0 Å². The highest BCUT2D eigenvalue weighted by Crippen LogP contribution is 2.29. The number of rotatable bonds is 6. The van der Waals surface area contributed by atoms with Gasteiger partial charge in [0.2, 0.25) is 11.8 Å². The molecule has 4 amide bonds. The Balaban J connectivity index is 1.72. The molecule has 9 nitrogen and oxygen atoms in total. The maximum Gasteiger partial charge on any atom is 0.329 e. The minimum Gasteiger partial charge on any atom is -0.480 e. The lowest BCUT2D eigenvalue weighted by atomic mass is 10.0. The monoisotopic (exact) mass is 398 g/mol. The molecule has 0 aromatic heterocycles. The largest absolute Gasteiger partial charge is 0.480 e. The molecular formula is C20H18N2O7. The lowest BCUT2D eigenvalue weighted by Gasteiger charge is -2.27. The van der Waals surface area contributed by atoms with Gasteiger partial charge in [0.15, 0.2) is 0 Å². The van der Waals surface area contributed by atoms with Gasteiger partial charge in [0.1, 0.15) is 12.6 Å². The van der Waals surface area contributed by atoms with Crippen LogP contribution in [0, 0.1) is 11.8 Å². The predicted molar refractivity (Wildman–Crippen MR) is 97.7 cm³/mol. The van der Waals surface area contributed by atoms with Gasteiger partial charge in [-0.05, 0) is 25.0 Å². The minimum atomic E-state index is -1.04. The van der Waals surface area contributed by atoms with E-state index in [0.717, 1.165) is 4.90 Å². The summed E-state index contributed by atoms with van der Waals surface area (Å²) in [4.78, 5) is 60.3. The number of piperidine rings is 1. The number of aliphatic carboxylic acids is 1. The van der Waals surface area contributed by atoms with Crippen LogP contribution >= 0.6 is 0 Å². The molecule has 1 atom stereocenters. The van der Waals surface area contributed by atoms with Crippen molar-refractivity contribution in [1.82, 2.24) is 10.2 Å². The number of carbonyl (C=O) groups excluding carboxylic acids is 4. The molecule has 1 aromatic rings. The van der Waals surface area contributed by atoms with Gasteiger partial charge >= 0.3 is 5.97 Å². The lowest BCUT2D eigenvalue weighted by Crippen LogP contribution is -2.54. The highest BCUT2D eigenvalue weighted by atomic mass is 16.5. The van der Waals surface area contributed by atoms with Crippen molar-refractivity contribution in [2.75, 3.05) is 13.2 Å². The van der Waals surface area contributed by atoms with E-state index in [-0.39, 0.29) is 37.2 Å². The molecule has 0 bridgehead atoms. The van der Waals surface area contributed by atoms with Gasteiger partial charge in [-0.2, -0.15) is 0 Å². The van der Waals surface area contributed by atoms with Crippen LogP contribution in [0.5, 0.6) is 0 Å². The summed E-state index contributed by atoms with van der Waals surface area (Å²) in [6.07, 6.45) is 1.08. The fraction of sp³-hybridized carbons (Fsp3) is 0.350. The third-order valence-corrected chi connectivity index (χ3v) is 4.51. The zero-order valence-electron chi connectivity index (χ0n) is 15.4. The number of hydrogen-bond acceptors (Lipinski definition) is 6. The van der Waals surface area contributed by atoms with Gasteiger partial charge in [0.05, 0.1) is 11.1 Å². The fourth-order valence-corrected chi connectivity index (χ4v) is 3.20. The maximum absolute atomic E-state index is 12.9. The molecular weight excluding hydrogens is 380 g/mol. The third kappa shape index (κ3) is 4.33. The number of carboxylic acid groups (broad SMARTS) is 1. The number of carboxylic acids is 1. The number of ether oxygens (including phenoxy) is 1.